The number of hydrogen-bond acceptors (Lipinski definition) is 7. The smallest absolute Gasteiger partial charge is 0.227 e. The molecule has 0 atom stereocenters. The van der Waals surface area contributed by atoms with Crippen LogP contribution in [-0.4, -0.2) is 41.4 Å². The van der Waals surface area contributed by atoms with Gasteiger partial charge in [-0.05, 0) is 47.9 Å². The summed E-state index contributed by atoms with van der Waals surface area (Å²) >= 11 is 0. The van der Waals surface area contributed by atoms with Gasteiger partial charge in [-0.2, -0.15) is 0 Å². The summed E-state index contributed by atoms with van der Waals surface area (Å²) in [7, 11) is 0. The number of carbonyl (C=O) groups excluding carboxylic acids is 2. The zero-order valence-electron chi connectivity index (χ0n) is 19.1. The van der Waals surface area contributed by atoms with Crippen LogP contribution in [-0.2, 0) is 9.53 Å². The van der Waals surface area contributed by atoms with Gasteiger partial charge in [0.25, 0.3) is 0 Å². The van der Waals surface area contributed by atoms with Crippen molar-refractivity contribution in [3.8, 4) is 22.3 Å². The number of rotatable bonds is 6. The zero-order chi connectivity index (χ0) is 23.9. The molecule has 0 aliphatic carbocycles. The van der Waals surface area contributed by atoms with Crippen LogP contribution in [0.25, 0.3) is 33.4 Å². The molecule has 6 rings (SSSR count). The van der Waals surface area contributed by atoms with Crippen molar-refractivity contribution in [2.45, 2.75) is 19.3 Å². The fourth-order valence-electron chi connectivity index (χ4n) is 4.69. The van der Waals surface area contributed by atoms with Gasteiger partial charge in [0.1, 0.15) is 5.82 Å². The lowest BCUT2D eigenvalue weighted by molar-refractivity contribution is -0.117. The van der Waals surface area contributed by atoms with Crippen molar-refractivity contribution in [2.75, 3.05) is 30.4 Å². The number of amides is 1. The van der Waals surface area contributed by atoms with Crippen LogP contribution in [0.5, 0.6) is 0 Å². The van der Waals surface area contributed by atoms with Crippen molar-refractivity contribution in [1.29, 1.82) is 0 Å². The van der Waals surface area contributed by atoms with Crippen LogP contribution in [0.4, 0.5) is 11.5 Å². The minimum Gasteiger partial charge on any atom is -0.435 e. The van der Waals surface area contributed by atoms with Crippen LogP contribution in [0.2, 0.25) is 0 Å². The molecule has 8 nitrogen and oxygen atoms in total. The normalized spacial score (nSPS) is 16.1. The molecule has 1 aromatic carbocycles. The number of fused-ring (bicyclic) bond motifs is 1. The van der Waals surface area contributed by atoms with Crippen molar-refractivity contribution in [2.24, 2.45) is 5.92 Å². The van der Waals surface area contributed by atoms with E-state index < -0.39 is 0 Å². The second-order valence-electron chi connectivity index (χ2n) is 9.07. The number of Topliss-reactive ketones (excluding diaryl/α,β-unsaturated/α-hetero) is 1. The first-order chi connectivity index (χ1) is 17.1. The maximum atomic E-state index is 12.7. The Morgan fingerprint density at radius 1 is 1.06 bits per heavy atom. The molecule has 2 saturated heterocycles. The Morgan fingerprint density at radius 3 is 2.60 bits per heavy atom. The predicted molar refractivity (Wildman–Crippen MR) is 132 cm³/mol. The second kappa shape index (κ2) is 8.63. The summed E-state index contributed by atoms with van der Waals surface area (Å²) < 4.78 is 11.0. The molecule has 1 amide bonds. The number of ketones is 1. The Balaban J connectivity index is 1.33. The highest BCUT2D eigenvalue weighted by atomic mass is 16.5. The fraction of sp³-hybridized carbons (Fsp3) is 0.259. The van der Waals surface area contributed by atoms with Crippen LogP contribution >= 0.6 is 0 Å². The number of nitrogen functional groups attached to an aromatic ring is 1. The Kier molecular flexibility index (Phi) is 5.30. The number of furan rings is 1. The summed E-state index contributed by atoms with van der Waals surface area (Å²) in [4.78, 5) is 35.3. The van der Waals surface area contributed by atoms with E-state index in [1.54, 1.807) is 18.5 Å². The number of benzene rings is 1. The van der Waals surface area contributed by atoms with E-state index in [9.17, 15) is 9.59 Å². The van der Waals surface area contributed by atoms with Gasteiger partial charge in [-0.1, -0.05) is 12.1 Å². The van der Waals surface area contributed by atoms with E-state index in [0.717, 1.165) is 46.3 Å². The summed E-state index contributed by atoms with van der Waals surface area (Å²) in [6.45, 7) is 1.98. The SMILES string of the molecule is Nc1ncc(-c2ccnc3oc(C(=O)CC4COC4)cc23)cc1-c1ccc(N2CCCC2=O)cc1. The van der Waals surface area contributed by atoms with Crippen molar-refractivity contribution < 1.29 is 18.7 Å². The number of aromatic nitrogens is 2. The zero-order valence-corrected chi connectivity index (χ0v) is 19.1. The second-order valence-corrected chi connectivity index (χ2v) is 9.07. The lowest BCUT2D eigenvalue weighted by Crippen LogP contribution is -2.29. The molecule has 35 heavy (non-hydrogen) atoms. The Bertz CT molecular complexity index is 1440. The highest BCUT2D eigenvalue weighted by Crippen LogP contribution is 2.35. The van der Waals surface area contributed by atoms with E-state index in [0.29, 0.717) is 43.3 Å². The predicted octanol–water partition coefficient (Wildman–Crippen LogP) is 4.49. The molecule has 2 N–H and O–H groups in total. The number of hydrogen-bond donors (Lipinski definition) is 1. The molecule has 4 aromatic rings. The highest BCUT2D eigenvalue weighted by Gasteiger charge is 2.25. The number of nitrogens with zero attached hydrogens (tertiary/aromatic N) is 3. The molecule has 2 aliphatic heterocycles. The monoisotopic (exact) mass is 468 g/mol. The van der Waals surface area contributed by atoms with Gasteiger partial charge in [-0.15, -0.1) is 0 Å². The Morgan fingerprint density at radius 2 is 1.89 bits per heavy atom. The van der Waals surface area contributed by atoms with Gasteiger partial charge in [0.15, 0.2) is 11.5 Å². The molecule has 0 radical (unpaired) electrons. The van der Waals surface area contributed by atoms with Crippen molar-refractivity contribution in [3.05, 3.63) is 60.6 Å². The van der Waals surface area contributed by atoms with Gasteiger partial charge >= 0.3 is 0 Å². The number of pyridine rings is 2. The molecular weight excluding hydrogens is 444 g/mol. The van der Waals surface area contributed by atoms with E-state index in [1.165, 1.54) is 0 Å². The summed E-state index contributed by atoms with van der Waals surface area (Å²) in [6.07, 6.45) is 5.26. The molecular formula is C27H24N4O4. The molecule has 0 bridgehead atoms. The highest BCUT2D eigenvalue weighted by molar-refractivity contribution is 6.01. The first-order valence-electron chi connectivity index (χ1n) is 11.7. The third-order valence-corrected chi connectivity index (χ3v) is 6.68. The van der Waals surface area contributed by atoms with Gasteiger partial charge in [0.05, 0.1) is 13.2 Å². The van der Waals surface area contributed by atoms with Gasteiger partial charge in [0, 0.05) is 59.9 Å². The molecule has 0 saturated carbocycles. The molecule has 0 unspecified atom stereocenters. The van der Waals surface area contributed by atoms with Crippen LogP contribution in [0, 0.1) is 5.92 Å². The van der Waals surface area contributed by atoms with Crippen LogP contribution in [0.15, 0.2) is 59.3 Å². The number of nitrogens with two attached hydrogens (primary N) is 1. The topological polar surface area (TPSA) is 112 Å². The average molecular weight is 469 g/mol. The molecule has 3 aromatic heterocycles. The third-order valence-electron chi connectivity index (χ3n) is 6.68. The molecule has 176 valence electrons. The summed E-state index contributed by atoms with van der Waals surface area (Å²) in [5, 5.41) is 0.751. The summed E-state index contributed by atoms with van der Waals surface area (Å²) in [5.41, 5.74) is 10.9. The molecule has 5 heterocycles. The van der Waals surface area contributed by atoms with Crippen molar-refractivity contribution in [1.82, 2.24) is 9.97 Å². The van der Waals surface area contributed by atoms with Gasteiger partial charge < -0.3 is 19.8 Å². The van der Waals surface area contributed by atoms with E-state index >= 15 is 0 Å². The van der Waals surface area contributed by atoms with Gasteiger partial charge in [0.2, 0.25) is 11.6 Å². The minimum absolute atomic E-state index is 0.0463. The fourth-order valence-corrected chi connectivity index (χ4v) is 4.69. The lowest BCUT2D eigenvalue weighted by Gasteiger charge is -2.24. The van der Waals surface area contributed by atoms with Crippen LogP contribution in [0.3, 0.4) is 0 Å². The summed E-state index contributed by atoms with van der Waals surface area (Å²) in [5.74, 6) is 1.08. The maximum absolute atomic E-state index is 12.7. The molecule has 0 spiro atoms. The summed E-state index contributed by atoms with van der Waals surface area (Å²) in [6, 6.07) is 13.4. The number of ether oxygens (including phenoxy) is 1. The largest absolute Gasteiger partial charge is 0.435 e. The Labute approximate surface area is 201 Å². The van der Waals surface area contributed by atoms with Crippen LogP contribution < -0.4 is 10.6 Å². The average Bonchev–Trinajstić information content (AvgIpc) is 3.48. The van der Waals surface area contributed by atoms with E-state index in [2.05, 4.69) is 9.97 Å². The number of carbonyl (C=O) groups is 2. The van der Waals surface area contributed by atoms with E-state index in [-0.39, 0.29) is 17.6 Å². The minimum atomic E-state index is -0.0463. The number of anilines is 2. The van der Waals surface area contributed by atoms with E-state index in [4.69, 9.17) is 14.9 Å². The van der Waals surface area contributed by atoms with Gasteiger partial charge in [-0.3, -0.25) is 9.59 Å². The third kappa shape index (κ3) is 3.95. The standard InChI is InChI=1S/C27H24N4O4/c28-26-21(17-3-5-19(6-4-17)31-9-1-2-25(31)33)11-18(13-30-26)20-7-8-29-27-22(20)12-24(35-27)23(32)10-16-14-34-15-16/h3-8,11-13,16H,1-2,9-10,14-15H2,(H2,28,30). The molecule has 2 aliphatic rings. The Hall–Kier alpha value is -4.04. The molecule has 8 heteroatoms. The lowest BCUT2D eigenvalue weighted by atomic mass is 9.98. The first kappa shape index (κ1) is 21.5. The first-order valence-corrected chi connectivity index (χ1v) is 11.7. The van der Waals surface area contributed by atoms with E-state index in [1.807, 2.05) is 41.3 Å². The quantitative estimate of drug-likeness (QED) is 0.415. The van der Waals surface area contributed by atoms with Crippen molar-refractivity contribution >= 4 is 34.3 Å². The molecule has 2 fully saturated rings. The maximum Gasteiger partial charge on any atom is 0.227 e. The van der Waals surface area contributed by atoms with Crippen LogP contribution in [0.1, 0.15) is 29.8 Å². The van der Waals surface area contributed by atoms with Crippen molar-refractivity contribution in [3.63, 3.8) is 0 Å². The van der Waals surface area contributed by atoms with Gasteiger partial charge in [-0.25, -0.2) is 9.97 Å².